The van der Waals surface area contributed by atoms with Gasteiger partial charge in [-0.1, -0.05) is 18.2 Å². The molecule has 0 radical (unpaired) electrons. The Morgan fingerprint density at radius 1 is 1.29 bits per heavy atom. The molecular weight excluding hydrogens is 212 g/mol. The van der Waals surface area contributed by atoms with Gasteiger partial charge in [-0.15, -0.1) is 0 Å². The Labute approximate surface area is 104 Å². The summed E-state index contributed by atoms with van der Waals surface area (Å²) in [6.45, 7) is 6.36. The van der Waals surface area contributed by atoms with Crippen LogP contribution in [-0.4, -0.2) is 13.2 Å². The predicted octanol–water partition coefficient (Wildman–Crippen LogP) is 2.62. The van der Waals surface area contributed by atoms with Gasteiger partial charge in [-0.25, -0.2) is 0 Å². The average Bonchev–Trinajstić information content (AvgIpc) is 2.34. The van der Waals surface area contributed by atoms with Gasteiger partial charge in [0.2, 0.25) is 0 Å². The first-order valence-electron chi connectivity index (χ1n) is 6.15. The number of ether oxygens (including phenoxy) is 1. The molecule has 3 N–H and O–H groups in total. The van der Waals surface area contributed by atoms with E-state index in [9.17, 15) is 0 Å². The van der Waals surface area contributed by atoms with Crippen molar-refractivity contribution >= 4 is 0 Å². The van der Waals surface area contributed by atoms with Crippen molar-refractivity contribution in [1.82, 2.24) is 5.43 Å². The van der Waals surface area contributed by atoms with Crippen LogP contribution >= 0.6 is 0 Å². The second kappa shape index (κ2) is 6.74. The van der Waals surface area contributed by atoms with Crippen molar-refractivity contribution in [2.45, 2.75) is 45.8 Å². The lowest BCUT2D eigenvalue weighted by Gasteiger charge is -2.21. The number of aryl methyl sites for hydroxylation is 1. The number of hydrogen-bond acceptors (Lipinski definition) is 3. The molecule has 96 valence electrons. The van der Waals surface area contributed by atoms with E-state index in [1.54, 1.807) is 7.11 Å². The first kappa shape index (κ1) is 14.2. The van der Waals surface area contributed by atoms with E-state index in [4.69, 9.17) is 10.6 Å². The van der Waals surface area contributed by atoms with Crippen LogP contribution < -0.4 is 11.3 Å². The van der Waals surface area contributed by atoms with Crippen molar-refractivity contribution in [2.75, 3.05) is 7.11 Å². The fourth-order valence-corrected chi connectivity index (χ4v) is 2.00. The van der Waals surface area contributed by atoms with E-state index in [-0.39, 0.29) is 12.1 Å². The average molecular weight is 236 g/mol. The number of nitrogens with two attached hydrogens (primary N) is 1. The van der Waals surface area contributed by atoms with Gasteiger partial charge < -0.3 is 4.74 Å². The molecule has 0 heterocycles. The molecule has 0 aliphatic heterocycles. The second-order valence-corrected chi connectivity index (χ2v) is 4.63. The highest BCUT2D eigenvalue weighted by molar-refractivity contribution is 5.35. The Morgan fingerprint density at radius 2 is 2.00 bits per heavy atom. The van der Waals surface area contributed by atoms with Crippen LogP contribution in [0.4, 0.5) is 0 Å². The summed E-state index contributed by atoms with van der Waals surface area (Å²) in [5.41, 5.74) is 6.83. The molecule has 0 fully saturated rings. The number of hydrogen-bond donors (Lipinski definition) is 2. The Hall–Kier alpha value is -0.900. The minimum Gasteiger partial charge on any atom is -0.382 e. The second-order valence-electron chi connectivity index (χ2n) is 4.63. The topological polar surface area (TPSA) is 47.3 Å². The number of benzene rings is 1. The zero-order chi connectivity index (χ0) is 12.8. The molecule has 0 bridgehead atoms. The molecule has 0 saturated carbocycles. The summed E-state index contributed by atoms with van der Waals surface area (Å²) in [4.78, 5) is 0. The van der Waals surface area contributed by atoms with Crippen LogP contribution in [0.5, 0.6) is 0 Å². The summed E-state index contributed by atoms with van der Waals surface area (Å²) in [6, 6.07) is 6.56. The lowest BCUT2D eigenvalue weighted by Crippen LogP contribution is -2.29. The van der Waals surface area contributed by atoms with Crippen LogP contribution in [0.25, 0.3) is 0 Å². The van der Waals surface area contributed by atoms with Gasteiger partial charge >= 0.3 is 0 Å². The van der Waals surface area contributed by atoms with Gasteiger partial charge in [0, 0.05) is 13.2 Å². The molecule has 1 rings (SSSR count). The van der Waals surface area contributed by atoms with E-state index < -0.39 is 0 Å². The van der Waals surface area contributed by atoms with Crippen LogP contribution in [-0.2, 0) is 4.74 Å². The molecule has 1 aromatic carbocycles. The SMILES string of the molecule is COC(C)CCC(NN)c1cccc(C)c1C. The van der Waals surface area contributed by atoms with Crippen LogP contribution in [0.15, 0.2) is 18.2 Å². The Morgan fingerprint density at radius 3 is 2.59 bits per heavy atom. The lowest BCUT2D eigenvalue weighted by atomic mass is 9.94. The highest BCUT2D eigenvalue weighted by Gasteiger charge is 2.14. The number of rotatable bonds is 6. The van der Waals surface area contributed by atoms with Gasteiger partial charge in [0.15, 0.2) is 0 Å². The minimum absolute atomic E-state index is 0.201. The maximum atomic E-state index is 5.66. The molecule has 2 unspecified atom stereocenters. The third kappa shape index (κ3) is 3.80. The van der Waals surface area contributed by atoms with Crippen molar-refractivity contribution in [3.63, 3.8) is 0 Å². The highest BCUT2D eigenvalue weighted by Crippen LogP contribution is 2.24. The predicted molar refractivity (Wildman–Crippen MR) is 71.7 cm³/mol. The van der Waals surface area contributed by atoms with Gasteiger partial charge in [0.05, 0.1) is 6.10 Å². The maximum absolute atomic E-state index is 5.66. The van der Waals surface area contributed by atoms with Gasteiger partial charge in [0.25, 0.3) is 0 Å². The van der Waals surface area contributed by atoms with E-state index in [0.29, 0.717) is 0 Å². The lowest BCUT2D eigenvalue weighted by molar-refractivity contribution is 0.106. The van der Waals surface area contributed by atoms with Crippen molar-refractivity contribution in [2.24, 2.45) is 5.84 Å². The molecular formula is C14H24N2O. The van der Waals surface area contributed by atoms with Crippen LogP contribution in [0, 0.1) is 13.8 Å². The van der Waals surface area contributed by atoms with Crippen LogP contribution in [0.2, 0.25) is 0 Å². The molecule has 0 spiro atoms. The summed E-state index contributed by atoms with van der Waals surface area (Å²) in [5, 5.41) is 0. The smallest absolute Gasteiger partial charge is 0.0543 e. The molecule has 0 aliphatic carbocycles. The summed E-state index contributed by atoms with van der Waals surface area (Å²) < 4.78 is 5.27. The molecule has 3 heteroatoms. The standard InChI is InChI=1S/C14H24N2O/c1-10-6-5-7-13(12(10)3)14(16-15)9-8-11(2)17-4/h5-7,11,14,16H,8-9,15H2,1-4H3. The summed E-state index contributed by atoms with van der Waals surface area (Å²) in [7, 11) is 1.74. The molecule has 0 amide bonds. The summed E-state index contributed by atoms with van der Waals surface area (Å²) in [6.07, 6.45) is 2.25. The largest absolute Gasteiger partial charge is 0.382 e. The van der Waals surface area contributed by atoms with E-state index in [1.807, 2.05) is 0 Å². The number of methoxy groups -OCH3 is 1. The van der Waals surface area contributed by atoms with Crippen molar-refractivity contribution in [3.8, 4) is 0 Å². The molecule has 2 atom stereocenters. The maximum Gasteiger partial charge on any atom is 0.0543 e. The van der Waals surface area contributed by atoms with Gasteiger partial charge in [-0.2, -0.15) is 0 Å². The molecule has 1 aromatic rings. The van der Waals surface area contributed by atoms with E-state index >= 15 is 0 Å². The molecule has 17 heavy (non-hydrogen) atoms. The monoisotopic (exact) mass is 236 g/mol. The summed E-state index contributed by atoms with van der Waals surface area (Å²) >= 11 is 0. The normalized spacial score (nSPS) is 14.6. The molecule has 0 aromatic heterocycles. The molecule has 3 nitrogen and oxygen atoms in total. The fraction of sp³-hybridized carbons (Fsp3) is 0.571. The zero-order valence-corrected chi connectivity index (χ0v) is 11.3. The van der Waals surface area contributed by atoms with E-state index in [2.05, 4.69) is 44.4 Å². The first-order valence-corrected chi connectivity index (χ1v) is 6.15. The van der Waals surface area contributed by atoms with E-state index in [1.165, 1.54) is 16.7 Å². The number of nitrogens with one attached hydrogen (secondary N) is 1. The quantitative estimate of drug-likeness (QED) is 0.589. The Bertz CT molecular complexity index is 352. The van der Waals surface area contributed by atoms with Crippen LogP contribution in [0.3, 0.4) is 0 Å². The molecule has 0 aliphatic rings. The van der Waals surface area contributed by atoms with Gasteiger partial charge in [0.1, 0.15) is 0 Å². The Kier molecular flexibility index (Phi) is 5.62. The highest BCUT2D eigenvalue weighted by atomic mass is 16.5. The van der Waals surface area contributed by atoms with Crippen LogP contribution in [0.1, 0.15) is 42.5 Å². The van der Waals surface area contributed by atoms with E-state index in [0.717, 1.165) is 12.8 Å². The first-order chi connectivity index (χ1) is 8.10. The third-order valence-corrected chi connectivity index (χ3v) is 3.49. The third-order valence-electron chi connectivity index (χ3n) is 3.49. The summed E-state index contributed by atoms with van der Waals surface area (Å²) in [5.74, 6) is 5.66. The van der Waals surface area contributed by atoms with Crippen molar-refractivity contribution in [1.29, 1.82) is 0 Å². The Balaban J connectivity index is 2.76. The van der Waals surface area contributed by atoms with Crippen molar-refractivity contribution < 1.29 is 4.74 Å². The molecule has 0 saturated heterocycles. The zero-order valence-electron chi connectivity index (χ0n) is 11.3. The number of hydrazine groups is 1. The van der Waals surface area contributed by atoms with Gasteiger partial charge in [-0.3, -0.25) is 11.3 Å². The minimum atomic E-state index is 0.201. The van der Waals surface area contributed by atoms with Gasteiger partial charge in [-0.05, 0) is 50.3 Å². The van der Waals surface area contributed by atoms with Crippen molar-refractivity contribution in [3.05, 3.63) is 34.9 Å². The fourth-order valence-electron chi connectivity index (χ4n) is 2.00.